The lowest BCUT2D eigenvalue weighted by Crippen LogP contribution is -2.30. The fourth-order valence-corrected chi connectivity index (χ4v) is 8.34. The summed E-state index contributed by atoms with van der Waals surface area (Å²) in [5.74, 6) is -0.915. The van der Waals surface area contributed by atoms with E-state index in [1.165, 1.54) is 135 Å². The molecule has 0 bridgehead atoms. The van der Waals surface area contributed by atoms with Crippen LogP contribution in [0.2, 0.25) is 0 Å². The summed E-state index contributed by atoms with van der Waals surface area (Å²) in [7, 11) is 0. The summed E-state index contributed by atoms with van der Waals surface area (Å²) in [4.78, 5) is 38.2. The number of carbonyl (C=O) groups is 3. The molecule has 0 fully saturated rings. The molecule has 0 spiro atoms. The summed E-state index contributed by atoms with van der Waals surface area (Å²) in [6.07, 6.45) is 77.1. The van der Waals surface area contributed by atoms with Crippen LogP contribution in [0, 0.1) is 0 Å². The molecule has 0 aliphatic carbocycles. The second-order valence-electron chi connectivity index (χ2n) is 19.9. The van der Waals surface area contributed by atoms with Crippen molar-refractivity contribution in [2.24, 2.45) is 0 Å². The maximum Gasteiger partial charge on any atom is 0.306 e. The lowest BCUT2D eigenvalue weighted by atomic mass is 10.1. The molecule has 0 aromatic carbocycles. The minimum absolute atomic E-state index is 0.0905. The number of esters is 3. The minimum Gasteiger partial charge on any atom is -0.462 e. The third kappa shape index (κ3) is 57.4. The number of ether oxygens (including phenoxy) is 3. The van der Waals surface area contributed by atoms with Gasteiger partial charge in [0.2, 0.25) is 0 Å². The number of rotatable bonds is 54. The van der Waals surface area contributed by atoms with Crippen molar-refractivity contribution in [1.29, 1.82) is 0 Å². The van der Waals surface area contributed by atoms with Crippen LogP contribution in [-0.4, -0.2) is 37.2 Å². The van der Waals surface area contributed by atoms with Gasteiger partial charge in [-0.25, -0.2) is 0 Å². The quantitative estimate of drug-likeness (QED) is 0.0261. The Morgan fingerprint density at radius 1 is 0.296 bits per heavy atom. The molecule has 0 aromatic rings. The monoisotopic (exact) mass is 989 g/mol. The molecule has 0 rings (SSSR count). The third-order valence-electron chi connectivity index (χ3n) is 12.9. The van der Waals surface area contributed by atoms with Gasteiger partial charge in [-0.15, -0.1) is 0 Å². The van der Waals surface area contributed by atoms with Crippen LogP contribution in [0.1, 0.15) is 290 Å². The molecule has 0 amide bonds. The molecule has 0 saturated carbocycles. The van der Waals surface area contributed by atoms with Gasteiger partial charge in [-0.2, -0.15) is 0 Å². The first-order valence-electron chi connectivity index (χ1n) is 30.1. The summed E-state index contributed by atoms with van der Waals surface area (Å²) in [6, 6.07) is 0. The Hall–Kier alpha value is -3.41. The Bertz CT molecular complexity index is 1370. The highest BCUT2D eigenvalue weighted by atomic mass is 16.6. The first-order chi connectivity index (χ1) is 35.0. The van der Waals surface area contributed by atoms with E-state index >= 15 is 0 Å². The first kappa shape index (κ1) is 67.6. The van der Waals surface area contributed by atoms with Gasteiger partial charge in [0, 0.05) is 19.3 Å². The van der Waals surface area contributed by atoms with E-state index in [2.05, 4.69) is 106 Å². The number of allylic oxidation sites excluding steroid dienone is 14. The highest BCUT2D eigenvalue weighted by Crippen LogP contribution is 2.15. The van der Waals surface area contributed by atoms with Gasteiger partial charge in [-0.1, -0.05) is 241 Å². The molecule has 1 atom stereocenters. The largest absolute Gasteiger partial charge is 0.462 e. The van der Waals surface area contributed by atoms with Crippen molar-refractivity contribution in [3.8, 4) is 0 Å². The molecule has 0 radical (unpaired) electrons. The fourth-order valence-electron chi connectivity index (χ4n) is 8.34. The molecule has 6 heteroatoms. The average molecular weight is 990 g/mol. The van der Waals surface area contributed by atoms with Gasteiger partial charge in [0.25, 0.3) is 0 Å². The zero-order chi connectivity index (χ0) is 51.4. The zero-order valence-electron chi connectivity index (χ0n) is 46.7. The molecule has 0 N–H and O–H groups in total. The molecule has 0 aromatic heterocycles. The molecule has 0 saturated heterocycles. The molecular formula is C65H112O6. The second kappa shape index (κ2) is 59.2. The Balaban J connectivity index is 4.42. The normalized spacial score (nSPS) is 12.7. The van der Waals surface area contributed by atoms with Crippen molar-refractivity contribution in [2.45, 2.75) is 297 Å². The lowest BCUT2D eigenvalue weighted by Gasteiger charge is -2.18. The molecule has 0 aliphatic rings. The molecule has 6 nitrogen and oxygen atoms in total. The average Bonchev–Trinajstić information content (AvgIpc) is 3.37. The number of unbranched alkanes of at least 4 members (excludes halogenated alkanes) is 29. The van der Waals surface area contributed by atoms with E-state index in [0.29, 0.717) is 19.3 Å². The van der Waals surface area contributed by atoms with Gasteiger partial charge in [0.1, 0.15) is 13.2 Å². The van der Waals surface area contributed by atoms with Crippen molar-refractivity contribution in [1.82, 2.24) is 0 Å². The van der Waals surface area contributed by atoms with E-state index in [9.17, 15) is 14.4 Å². The highest BCUT2D eigenvalue weighted by molar-refractivity contribution is 5.71. The van der Waals surface area contributed by atoms with Gasteiger partial charge in [0.15, 0.2) is 6.10 Å². The van der Waals surface area contributed by atoms with Crippen LogP contribution in [0.4, 0.5) is 0 Å². The van der Waals surface area contributed by atoms with Crippen LogP contribution in [0.3, 0.4) is 0 Å². The SMILES string of the molecule is CC/C=C\C/C=C\C/C=C\CCCCCCCC(=O)OC[C@H](COC(=O)CCCCCCCC/C=C\C/C=C\C/C=C\CCCCC)OC(=O)CCCCCCCCC/C=C\CCCCCCCCCC. The summed E-state index contributed by atoms with van der Waals surface area (Å²) in [5.41, 5.74) is 0. The second-order valence-corrected chi connectivity index (χ2v) is 19.9. The third-order valence-corrected chi connectivity index (χ3v) is 12.9. The molecule has 408 valence electrons. The Kier molecular flexibility index (Phi) is 56.3. The van der Waals surface area contributed by atoms with Crippen LogP contribution < -0.4 is 0 Å². The van der Waals surface area contributed by atoms with Crippen molar-refractivity contribution < 1.29 is 28.6 Å². The summed E-state index contributed by atoms with van der Waals surface area (Å²) < 4.78 is 16.9. The smallest absolute Gasteiger partial charge is 0.306 e. The van der Waals surface area contributed by atoms with E-state index < -0.39 is 6.10 Å². The fraction of sp³-hybridized carbons (Fsp3) is 0.738. The van der Waals surface area contributed by atoms with E-state index in [4.69, 9.17) is 14.2 Å². The predicted octanol–water partition coefficient (Wildman–Crippen LogP) is 20.3. The summed E-state index contributed by atoms with van der Waals surface area (Å²) in [5, 5.41) is 0. The molecule has 0 heterocycles. The number of carbonyl (C=O) groups excluding carboxylic acids is 3. The summed E-state index contributed by atoms with van der Waals surface area (Å²) in [6.45, 7) is 6.49. The van der Waals surface area contributed by atoms with Crippen molar-refractivity contribution >= 4 is 17.9 Å². The van der Waals surface area contributed by atoms with E-state index in [0.717, 1.165) is 116 Å². The van der Waals surface area contributed by atoms with Crippen molar-refractivity contribution in [3.05, 3.63) is 85.1 Å². The Morgan fingerprint density at radius 2 is 0.549 bits per heavy atom. The van der Waals surface area contributed by atoms with Gasteiger partial charge >= 0.3 is 17.9 Å². The highest BCUT2D eigenvalue weighted by Gasteiger charge is 2.19. The topological polar surface area (TPSA) is 78.9 Å². The van der Waals surface area contributed by atoms with E-state index in [1.807, 2.05) is 0 Å². The van der Waals surface area contributed by atoms with Crippen LogP contribution in [0.15, 0.2) is 85.1 Å². The number of hydrogen-bond acceptors (Lipinski definition) is 6. The molecule has 0 unspecified atom stereocenters. The summed E-state index contributed by atoms with van der Waals surface area (Å²) >= 11 is 0. The molecule has 71 heavy (non-hydrogen) atoms. The van der Waals surface area contributed by atoms with Gasteiger partial charge in [0.05, 0.1) is 0 Å². The van der Waals surface area contributed by atoms with Gasteiger partial charge in [-0.3, -0.25) is 14.4 Å². The maximum atomic E-state index is 12.9. The van der Waals surface area contributed by atoms with Crippen molar-refractivity contribution in [2.75, 3.05) is 13.2 Å². The Labute approximate surface area is 439 Å². The van der Waals surface area contributed by atoms with Gasteiger partial charge < -0.3 is 14.2 Å². The zero-order valence-corrected chi connectivity index (χ0v) is 46.7. The molecule has 0 aliphatic heterocycles. The predicted molar refractivity (Wildman–Crippen MR) is 307 cm³/mol. The molecular weight excluding hydrogens is 877 g/mol. The van der Waals surface area contributed by atoms with Crippen LogP contribution in [0.5, 0.6) is 0 Å². The van der Waals surface area contributed by atoms with Crippen molar-refractivity contribution in [3.63, 3.8) is 0 Å². The van der Waals surface area contributed by atoms with Crippen LogP contribution >= 0.6 is 0 Å². The van der Waals surface area contributed by atoms with Crippen LogP contribution in [0.25, 0.3) is 0 Å². The lowest BCUT2D eigenvalue weighted by molar-refractivity contribution is -0.167. The van der Waals surface area contributed by atoms with Gasteiger partial charge in [-0.05, 0) is 116 Å². The number of hydrogen-bond donors (Lipinski definition) is 0. The van der Waals surface area contributed by atoms with E-state index in [1.54, 1.807) is 0 Å². The first-order valence-corrected chi connectivity index (χ1v) is 30.1. The standard InChI is InChI=1S/C65H112O6/c1-4-7-10-13-16-19-22-25-28-30-32-34-37-40-43-46-49-52-55-58-64(67)70-61-62(60-69-63(66)57-54-51-48-45-42-39-36-27-24-21-18-15-12-9-6-3)71-65(68)59-56-53-50-47-44-41-38-35-33-31-29-26-23-20-17-14-11-8-5-2/h9,12,16,18-19,21,25,27-28,31-34,36,62H,4-8,10-11,13-15,17,20,22-24,26,29-30,35,37-61H2,1-3H3/b12-9-,19-16-,21-18-,28-25-,33-31-,34-32-,36-27-/t62-/m1/s1. The minimum atomic E-state index is -0.793. The van der Waals surface area contributed by atoms with E-state index in [-0.39, 0.29) is 31.1 Å². The maximum absolute atomic E-state index is 12.9. The van der Waals surface area contributed by atoms with Crippen LogP contribution in [-0.2, 0) is 28.6 Å². The Morgan fingerprint density at radius 3 is 0.901 bits per heavy atom.